The number of hydrogen-bond donors (Lipinski definition) is 1. The molecule has 7 nitrogen and oxygen atoms in total. The minimum atomic E-state index is -3.51. The van der Waals surface area contributed by atoms with Gasteiger partial charge in [0.15, 0.2) is 0 Å². The lowest BCUT2D eigenvalue weighted by Crippen LogP contribution is -2.51. The van der Waals surface area contributed by atoms with Crippen molar-refractivity contribution in [3.05, 3.63) is 40.4 Å². The molecule has 2 aromatic rings. The minimum absolute atomic E-state index is 0.0381. The average molecular weight is 393 g/mol. The smallest absolute Gasteiger partial charge is 0.245 e. The Labute approximate surface area is 156 Å². The Balaban J connectivity index is 1.59. The predicted octanol–water partition coefficient (Wildman–Crippen LogP) is 2.13. The van der Waals surface area contributed by atoms with Crippen molar-refractivity contribution in [3.8, 4) is 0 Å². The molecule has 9 heteroatoms. The number of fused-ring (bicyclic) bond motifs is 1. The van der Waals surface area contributed by atoms with Crippen LogP contribution in [0.15, 0.2) is 24.3 Å². The molecule has 2 aliphatic rings. The summed E-state index contributed by atoms with van der Waals surface area (Å²) in [5.41, 5.74) is 1.95. The van der Waals surface area contributed by atoms with Crippen molar-refractivity contribution < 1.29 is 13.2 Å². The molecule has 1 aromatic heterocycles. The van der Waals surface area contributed by atoms with Crippen molar-refractivity contribution >= 4 is 32.4 Å². The highest BCUT2D eigenvalue weighted by molar-refractivity contribution is 7.89. The van der Waals surface area contributed by atoms with Gasteiger partial charge in [-0.2, -0.15) is 4.31 Å². The fraction of sp³-hybridized carbons (Fsp3) is 0.471. The number of anilines is 1. The van der Waals surface area contributed by atoms with E-state index in [-0.39, 0.29) is 18.2 Å². The van der Waals surface area contributed by atoms with Gasteiger partial charge in [0, 0.05) is 12.5 Å². The van der Waals surface area contributed by atoms with Crippen LogP contribution in [0, 0.1) is 0 Å². The quantitative estimate of drug-likeness (QED) is 0.841. The summed E-state index contributed by atoms with van der Waals surface area (Å²) in [6.45, 7) is 1.81. The molecule has 1 aliphatic heterocycles. The van der Waals surface area contributed by atoms with Gasteiger partial charge >= 0.3 is 0 Å². The highest BCUT2D eigenvalue weighted by Gasteiger charge is 2.38. The Bertz CT molecular complexity index is 937. The molecule has 1 N–H and O–H groups in total. The fourth-order valence-corrected chi connectivity index (χ4v) is 5.29. The van der Waals surface area contributed by atoms with Gasteiger partial charge in [0.05, 0.1) is 5.75 Å². The molecule has 0 spiro atoms. The van der Waals surface area contributed by atoms with Crippen molar-refractivity contribution in [1.82, 2.24) is 14.5 Å². The zero-order chi connectivity index (χ0) is 18.3. The molecular formula is C17H20N4O3S2. The summed E-state index contributed by atoms with van der Waals surface area (Å²) in [5.74, 6) is 0.0792. The second-order valence-electron chi connectivity index (χ2n) is 6.64. The number of nitrogens with zero attached hydrogens (tertiary/aromatic N) is 3. The van der Waals surface area contributed by atoms with Gasteiger partial charge in [-0.25, -0.2) is 8.42 Å². The van der Waals surface area contributed by atoms with E-state index in [1.165, 1.54) is 15.6 Å². The zero-order valence-electron chi connectivity index (χ0n) is 14.4. The third-order valence-electron chi connectivity index (χ3n) is 4.83. The van der Waals surface area contributed by atoms with E-state index in [0.717, 1.165) is 29.0 Å². The van der Waals surface area contributed by atoms with Gasteiger partial charge in [-0.3, -0.25) is 10.1 Å². The molecule has 1 fully saturated rings. The molecule has 1 aliphatic carbocycles. The summed E-state index contributed by atoms with van der Waals surface area (Å²) in [7, 11) is -3.51. The molecule has 1 amide bonds. The van der Waals surface area contributed by atoms with E-state index in [9.17, 15) is 13.2 Å². The minimum Gasteiger partial charge on any atom is -0.299 e. The summed E-state index contributed by atoms with van der Waals surface area (Å²) < 4.78 is 26.4. The van der Waals surface area contributed by atoms with Crippen LogP contribution >= 0.6 is 11.3 Å². The first kappa shape index (κ1) is 17.6. The lowest BCUT2D eigenvalue weighted by atomic mass is 9.95. The number of aromatic nitrogens is 2. The lowest BCUT2D eigenvalue weighted by molar-refractivity contribution is -0.120. The van der Waals surface area contributed by atoms with E-state index in [2.05, 4.69) is 15.5 Å². The van der Waals surface area contributed by atoms with Gasteiger partial charge in [-0.1, -0.05) is 35.6 Å². The van der Waals surface area contributed by atoms with Crippen LogP contribution in [0.3, 0.4) is 0 Å². The van der Waals surface area contributed by atoms with Crippen LogP contribution in [0.4, 0.5) is 5.13 Å². The fourth-order valence-electron chi connectivity index (χ4n) is 3.15. The number of carbonyl (C=O) groups excluding carboxylic acids is 1. The van der Waals surface area contributed by atoms with E-state index in [4.69, 9.17) is 0 Å². The van der Waals surface area contributed by atoms with E-state index >= 15 is 0 Å². The summed E-state index contributed by atoms with van der Waals surface area (Å²) in [5, 5.41) is 12.3. The molecule has 2 heterocycles. The molecule has 1 atom stereocenters. The van der Waals surface area contributed by atoms with Crippen LogP contribution in [0.2, 0.25) is 0 Å². The topological polar surface area (TPSA) is 92.3 Å². The number of hydrogen-bond acceptors (Lipinski definition) is 6. The van der Waals surface area contributed by atoms with Crippen LogP contribution in [-0.4, -0.2) is 40.6 Å². The van der Waals surface area contributed by atoms with Gasteiger partial charge < -0.3 is 0 Å². The highest BCUT2D eigenvalue weighted by Crippen LogP contribution is 2.42. The van der Waals surface area contributed by atoms with Crippen molar-refractivity contribution in [2.24, 2.45) is 0 Å². The molecule has 0 saturated heterocycles. The Kier molecular flexibility index (Phi) is 4.54. The van der Waals surface area contributed by atoms with Gasteiger partial charge in [0.2, 0.25) is 21.1 Å². The first-order valence-electron chi connectivity index (χ1n) is 8.68. The van der Waals surface area contributed by atoms with Gasteiger partial charge in [0.25, 0.3) is 0 Å². The number of benzene rings is 1. The maximum absolute atomic E-state index is 12.9. The Morgan fingerprint density at radius 2 is 2.00 bits per heavy atom. The maximum Gasteiger partial charge on any atom is 0.245 e. The first-order valence-corrected chi connectivity index (χ1v) is 11.1. The van der Waals surface area contributed by atoms with Crippen molar-refractivity contribution in [2.75, 3.05) is 11.1 Å². The molecule has 26 heavy (non-hydrogen) atoms. The molecule has 138 valence electrons. The summed E-state index contributed by atoms with van der Waals surface area (Å²) in [6.07, 6.45) is 2.59. The first-order chi connectivity index (χ1) is 12.5. The standard InChI is InChI=1S/C17H20N4O3S2/c1-2-26(23,24)21-10-13-6-4-3-5-12(13)9-14(21)15(22)18-17-20-19-16(25-17)11-7-8-11/h3-6,11,14H,2,7-10H2,1H3,(H,18,20,22)/t14-/m0/s1. The third-order valence-corrected chi connectivity index (χ3v) is 7.66. The average Bonchev–Trinajstić information content (AvgIpc) is 3.40. The summed E-state index contributed by atoms with van der Waals surface area (Å²) in [6, 6.07) is 6.87. The molecular weight excluding hydrogens is 372 g/mol. The van der Waals surface area contributed by atoms with E-state index in [1.807, 2.05) is 24.3 Å². The number of rotatable bonds is 5. The van der Waals surface area contributed by atoms with Crippen molar-refractivity contribution in [2.45, 2.75) is 44.7 Å². The van der Waals surface area contributed by atoms with Crippen LogP contribution in [0.5, 0.6) is 0 Å². The molecule has 4 rings (SSSR count). The van der Waals surface area contributed by atoms with Gasteiger partial charge in [-0.15, -0.1) is 10.2 Å². The second kappa shape index (κ2) is 6.71. The lowest BCUT2D eigenvalue weighted by Gasteiger charge is -2.34. The van der Waals surface area contributed by atoms with Crippen LogP contribution in [0.1, 0.15) is 41.8 Å². The zero-order valence-corrected chi connectivity index (χ0v) is 16.0. The van der Waals surface area contributed by atoms with Crippen molar-refractivity contribution in [3.63, 3.8) is 0 Å². The van der Waals surface area contributed by atoms with Crippen LogP contribution < -0.4 is 5.32 Å². The molecule has 1 aromatic carbocycles. The summed E-state index contributed by atoms with van der Waals surface area (Å²) >= 11 is 1.37. The maximum atomic E-state index is 12.9. The molecule has 0 radical (unpaired) electrons. The van der Waals surface area contributed by atoms with Crippen molar-refractivity contribution in [1.29, 1.82) is 0 Å². The SMILES string of the molecule is CCS(=O)(=O)N1Cc2ccccc2C[C@H]1C(=O)Nc1nnc(C2CC2)s1. The van der Waals surface area contributed by atoms with Gasteiger partial charge in [0.1, 0.15) is 11.0 Å². The number of amides is 1. The monoisotopic (exact) mass is 392 g/mol. The largest absolute Gasteiger partial charge is 0.299 e. The molecule has 1 saturated carbocycles. The molecule has 0 unspecified atom stereocenters. The third kappa shape index (κ3) is 3.38. The predicted molar refractivity (Wildman–Crippen MR) is 99.5 cm³/mol. The van der Waals surface area contributed by atoms with E-state index in [1.54, 1.807) is 6.92 Å². The van der Waals surface area contributed by atoms with Gasteiger partial charge in [-0.05, 0) is 37.3 Å². The van der Waals surface area contributed by atoms with Crippen LogP contribution in [0.25, 0.3) is 0 Å². The second-order valence-corrected chi connectivity index (χ2v) is 9.86. The Morgan fingerprint density at radius 3 is 2.69 bits per heavy atom. The normalized spacial score (nSPS) is 20.6. The highest BCUT2D eigenvalue weighted by atomic mass is 32.2. The van der Waals surface area contributed by atoms with E-state index in [0.29, 0.717) is 17.5 Å². The Hall–Kier alpha value is -1.84. The number of nitrogens with one attached hydrogen (secondary N) is 1. The van der Waals surface area contributed by atoms with Crippen LogP contribution in [-0.2, 0) is 27.8 Å². The van der Waals surface area contributed by atoms with E-state index < -0.39 is 16.1 Å². The Morgan fingerprint density at radius 1 is 1.27 bits per heavy atom. The number of carbonyl (C=O) groups is 1. The summed E-state index contributed by atoms with van der Waals surface area (Å²) in [4.78, 5) is 12.9. The number of sulfonamides is 1. The molecule has 0 bridgehead atoms.